The van der Waals surface area contributed by atoms with Gasteiger partial charge in [-0.3, -0.25) is 10.00 Å². The highest BCUT2D eigenvalue weighted by Crippen LogP contribution is 2.34. The van der Waals surface area contributed by atoms with E-state index in [1.54, 1.807) is 11.8 Å². The molecule has 0 saturated heterocycles. The van der Waals surface area contributed by atoms with E-state index >= 15 is 0 Å². The van der Waals surface area contributed by atoms with Gasteiger partial charge in [-0.25, -0.2) is 4.98 Å². The summed E-state index contributed by atoms with van der Waals surface area (Å²) in [4.78, 5) is 8.48. The highest BCUT2D eigenvalue weighted by Gasteiger charge is 2.24. The van der Waals surface area contributed by atoms with Crippen molar-refractivity contribution in [2.24, 2.45) is 0 Å². The van der Waals surface area contributed by atoms with Gasteiger partial charge in [0.2, 0.25) is 0 Å². The van der Waals surface area contributed by atoms with E-state index < -0.39 is 0 Å². The Labute approximate surface area is 210 Å². The molecule has 2 aromatic carbocycles. The summed E-state index contributed by atoms with van der Waals surface area (Å²) in [6, 6.07) is 16.2. The lowest BCUT2D eigenvalue weighted by Crippen LogP contribution is -2.35. The zero-order valence-electron chi connectivity index (χ0n) is 19.5. The van der Waals surface area contributed by atoms with Crippen molar-refractivity contribution < 1.29 is 0 Å². The van der Waals surface area contributed by atoms with E-state index in [1.807, 2.05) is 18.5 Å². The molecule has 0 bridgehead atoms. The van der Waals surface area contributed by atoms with Crippen molar-refractivity contribution >= 4 is 34.4 Å². The second-order valence-electron chi connectivity index (χ2n) is 9.50. The first-order valence-electron chi connectivity index (χ1n) is 12.2. The molecule has 0 spiro atoms. The van der Waals surface area contributed by atoms with E-state index in [9.17, 15) is 0 Å². The van der Waals surface area contributed by atoms with Crippen LogP contribution in [0.4, 0.5) is 0 Å². The van der Waals surface area contributed by atoms with Gasteiger partial charge in [-0.1, -0.05) is 48.7 Å². The lowest BCUT2D eigenvalue weighted by molar-refractivity contribution is 0.208. The maximum Gasteiger partial charge on any atom is 0.181 e. The number of rotatable bonds is 4. The zero-order chi connectivity index (χ0) is 23.1. The maximum atomic E-state index is 6.48. The molecule has 2 aromatic heterocycles. The molecule has 1 aliphatic carbocycles. The van der Waals surface area contributed by atoms with Crippen molar-refractivity contribution in [3.63, 3.8) is 0 Å². The van der Waals surface area contributed by atoms with Crippen LogP contribution in [0.3, 0.4) is 0 Å². The quantitative estimate of drug-likeness (QED) is 0.314. The Hall–Kier alpha value is -2.34. The molecule has 0 atom stereocenters. The van der Waals surface area contributed by atoms with E-state index in [0.717, 1.165) is 56.7 Å². The number of hydrogen-bond acceptors (Lipinski definition) is 4. The minimum atomic E-state index is 0.728. The summed E-state index contributed by atoms with van der Waals surface area (Å²) in [5.74, 6) is 0. The average molecular weight is 489 g/mol. The number of halogens is 1. The Balaban J connectivity index is 1.31. The Morgan fingerprint density at radius 2 is 1.74 bits per heavy atom. The van der Waals surface area contributed by atoms with Crippen molar-refractivity contribution in [3.05, 3.63) is 64.8 Å². The van der Waals surface area contributed by atoms with Crippen LogP contribution in [0.2, 0.25) is 5.02 Å². The summed E-state index contributed by atoms with van der Waals surface area (Å²) in [6.07, 6.45) is 11.8. The molecule has 3 heterocycles. The molecule has 1 saturated carbocycles. The third-order valence-corrected chi connectivity index (χ3v) is 8.79. The van der Waals surface area contributed by atoms with Crippen molar-refractivity contribution in [1.29, 1.82) is 0 Å². The summed E-state index contributed by atoms with van der Waals surface area (Å²) in [7, 11) is 0. The fourth-order valence-corrected chi connectivity index (χ4v) is 6.53. The Morgan fingerprint density at radius 1 is 0.941 bits per heavy atom. The summed E-state index contributed by atoms with van der Waals surface area (Å²) in [5.41, 5.74) is 8.06. The first-order chi connectivity index (χ1) is 16.7. The lowest BCUT2D eigenvalue weighted by Gasteiger charge is -2.26. The first-order valence-corrected chi connectivity index (χ1v) is 13.8. The molecule has 34 heavy (non-hydrogen) atoms. The predicted octanol–water partition coefficient (Wildman–Crippen LogP) is 7.01. The Bertz CT molecular complexity index is 1340. The van der Waals surface area contributed by atoms with Crippen LogP contribution in [-0.4, -0.2) is 45.5 Å². The highest BCUT2D eigenvalue weighted by atomic mass is 35.5. The van der Waals surface area contributed by atoms with Crippen LogP contribution in [-0.2, 0) is 12.8 Å². The largest absolute Gasteiger partial charge is 0.300 e. The SMILES string of the molecule is CSc1ccc(-c2[nH]nc3ncc(-c4ccc5c(c4)CCN(C4CCCC4)CC5)cc23)cc1Cl. The fourth-order valence-electron chi connectivity index (χ4n) is 5.66. The summed E-state index contributed by atoms with van der Waals surface area (Å²) >= 11 is 8.13. The number of benzene rings is 2. The summed E-state index contributed by atoms with van der Waals surface area (Å²) in [5, 5.41) is 9.40. The van der Waals surface area contributed by atoms with E-state index in [2.05, 4.69) is 56.5 Å². The number of H-pyrrole nitrogens is 1. The molecule has 0 amide bonds. The molecular formula is C28H29ClN4S. The van der Waals surface area contributed by atoms with Gasteiger partial charge in [0.15, 0.2) is 5.65 Å². The second kappa shape index (κ2) is 9.37. The van der Waals surface area contributed by atoms with Gasteiger partial charge in [0.25, 0.3) is 0 Å². The third-order valence-electron chi connectivity index (χ3n) is 7.57. The number of nitrogens with zero attached hydrogens (tertiary/aromatic N) is 3. The second-order valence-corrected chi connectivity index (χ2v) is 10.8. The van der Waals surface area contributed by atoms with Crippen LogP contribution in [0, 0.1) is 0 Å². The van der Waals surface area contributed by atoms with Gasteiger partial charge >= 0.3 is 0 Å². The minimum Gasteiger partial charge on any atom is -0.300 e. The molecule has 6 heteroatoms. The predicted molar refractivity (Wildman–Crippen MR) is 143 cm³/mol. The van der Waals surface area contributed by atoms with Gasteiger partial charge in [-0.15, -0.1) is 11.8 Å². The van der Waals surface area contributed by atoms with E-state index in [1.165, 1.54) is 55.5 Å². The van der Waals surface area contributed by atoms with Crippen LogP contribution in [0.15, 0.2) is 53.6 Å². The normalized spacial score (nSPS) is 17.2. The number of aromatic nitrogens is 3. The molecule has 0 unspecified atom stereocenters. The molecule has 1 aliphatic heterocycles. The highest BCUT2D eigenvalue weighted by molar-refractivity contribution is 7.98. The molecule has 1 fully saturated rings. The smallest absolute Gasteiger partial charge is 0.181 e. The van der Waals surface area contributed by atoms with Crippen LogP contribution >= 0.6 is 23.4 Å². The zero-order valence-corrected chi connectivity index (χ0v) is 21.1. The van der Waals surface area contributed by atoms with E-state index in [4.69, 9.17) is 11.6 Å². The lowest BCUT2D eigenvalue weighted by atomic mass is 9.96. The number of thioether (sulfide) groups is 1. The van der Waals surface area contributed by atoms with Crippen LogP contribution < -0.4 is 0 Å². The number of pyridine rings is 1. The molecule has 4 nitrogen and oxygen atoms in total. The summed E-state index contributed by atoms with van der Waals surface area (Å²) < 4.78 is 0. The number of fused-ring (bicyclic) bond motifs is 2. The standard InChI is InChI=1S/C28H29ClN4S/c1-34-26-9-8-21(16-25(26)29)27-24-15-22(17-30-28(24)32-31-27)19-7-6-18-10-12-33(13-11-20(18)14-19)23-4-2-3-5-23/h6-9,14-17,23H,2-5,10-13H2,1H3,(H,30,31,32). The maximum absolute atomic E-state index is 6.48. The van der Waals surface area contributed by atoms with Gasteiger partial charge < -0.3 is 0 Å². The van der Waals surface area contributed by atoms with Gasteiger partial charge in [0.1, 0.15) is 0 Å². The van der Waals surface area contributed by atoms with Gasteiger partial charge in [0, 0.05) is 46.7 Å². The molecule has 174 valence electrons. The Kier molecular flexibility index (Phi) is 6.10. The van der Waals surface area contributed by atoms with E-state index in [0.29, 0.717) is 0 Å². The van der Waals surface area contributed by atoms with Gasteiger partial charge in [-0.05, 0) is 66.8 Å². The van der Waals surface area contributed by atoms with Crippen molar-refractivity contribution in [2.45, 2.75) is 49.5 Å². The van der Waals surface area contributed by atoms with Crippen molar-refractivity contribution in [2.75, 3.05) is 19.3 Å². The van der Waals surface area contributed by atoms with Crippen molar-refractivity contribution in [1.82, 2.24) is 20.1 Å². The first kappa shape index (κ1) is 22.1. The third kappa shape index (κ3) is 4.15. The monoisotopic (exact) mass is 488 g/mol. The van der Waals surface area contributed by atoms with Crippen LogP contribution in [0.5, 0.6) is 0 Å². The topological polar surface area (TPSA) is 44.8 Å². The Morgan fingerprint density at radius 3 is 2.53 bits per heavy atom. The van der Waals surface area contributed by atoms with Crippen LogP contribution in [0.1, 0.15) is 36.8 Å². The molecular weight excluding hydrogens is 460 g/mol. The molecule has 0 radical (unpaired) electrons. The molecule has 4 aromatic rings. The number of aromatic amines is 1. The molecule has 6 rings (SSSR count). The summed E-state index contributed by atoms with van der Waals surface area (Å²) in [6.45, 7) is 2.37. The minimum absolute atomic E-state index is 0.728. The van der Waals surface area contributed by atoms with Gasteiger partial charge in [-0.2, -0.15) is 5.10 Å². The fraction of sp³-hybridized carbons (Fsp3) is 0.357. The molecule has 1 N–H and O–H groups in total. The average Bonchev–Trinajstić information content (AvgIpc) is 3.50. The molecule has 2 aliphatic rings. The van der Waals surface area contributed by atoms with E-state index in [-0.39, 0.29) is 0 Å². The number of hydrogen-bond donors (Lipinski definition) is 1. The van der Waals surface area contributed by atoms with Crippen LogP contribution in [0.25, 0.3) is 33.4 Å². The van der Waals surface area contributed by atoms with Gasteiger partial charge in [0.05, 0.1) is 10.7 Å². The number of nitrogens with one attached hydrogen (secondary N) is 1. The van der Waals surface area contributed by atoms with Crippen molar-refractivity contribution in [3.8, 4) is 22.4 Å².